The van der Waals surface area contributed by atoms with Crippen molar-refractivity contribution in [3.63, 3.8) is 0 Å². The minimum atomic E-state index is -1.04. The van der Waals surface area contributed by atoms with Gasteiger partial charge < -0.3 is 10.4 Å². The van der Waals surface area contributed by atoms with Gasteiger partial charge in [-0.25, -0.2) is 4.79 Å². The van der Waals surface area contributed by atoms with E-state index in [9.17, 15) is 9.59 Å². The van der Waals surface area contributed by atoms with Gasteiger partial charge in [-0.1, -0.05) is 19.4 Å². The Morgan fingerprint density at radius 2 is 1.92 bits per heavy atom. The lowest BCUT2D eigenvalue weighted by molar-refractivity contribution is -0.146. The van der Waals surface area contributed by atoms with E-state index in [1.807, 2.05) is 0 Å². The highest BCUT2D eigenvalue weighted by atomic mass is 16.4. The summed E-state index contributed by atoms with van der Waals surface area (Å²) in [6, 6.07) is 0. The van der Waals surface area contributed by atoms with Gasteiger partial charge in [0, 0.05) is 0 Å². The lowest BCUT2D eigenvalue weighted by Gasteiger charge is -2.24. The van der Waals surface area contributed by atoms with Crippen molar-refractivity contribution in [2.75, 3.05) is 0 Å². The van der Waals surface area contributed by atoms with Gasteiger partial charge in [0.05, 0.1) is 0 Å². The molecule has 1 rings (SSSR count). The third kappa shape index (κ3) is 1.88. The molecule has 0 saturated heterocycles. The molecule has 0 aromatic rings. The molecule has 1 saturated carbocycles. The van der Waals surface area contributed by atoms with Crippen molar-refractivity contribution in [2.45, 2.75) is 31.2 Å². The van der Waals surface area contributed by atoms with Crippen molar-refractivity contribution in [1.82, 2.24) is 5.32 Å². The summed E-state index contributed by atoms with van der Waals surface area (Å²) in [5.41, 5.74) is -1.04. The largest absolute Gasteiger partial charge is 0.480 e. The maximum absolute atomic E-state index is 11.0. The maximum atomic E-state index is 11.0. The molecule has 1 fully saturated rings. The predicted octanol–water partition coefficient (Wildman–Crippen LogP) is 0.686. The van der Waals surface area contributed by atoms with Crippen LogP contribution in [0.1, 0.15) is 25.7 Å². The molecular formula is C9H13NO3. The second kappa shape index (κ2) is 3.60. The Morgan fingerprint density at radius 1 is 1.38 bits per heavy atom. The lowest BCUT2D eigenvalue weighted by Crippen LogP contribution is -2.52. The molecule has 13 heavy (non-hydrogen) atoms. The number of aliphatic carboxylic acids is 1. The zero-order valence-corrected chi connectivity index (χ0v) is 7.38. The average molecular weight is 183 g/mol. The summed E-state index contributed by atoms with van der Waals surface area (Å²) < 4.78 is 0. The van der Waals surface area contributed by atoms with Crippen LogP contribution in [0.3, 0.4) is 0 Å². The number of hydrogen-bond acceptors (Lipinski definition) is 2. The Kier molecular flexibility index (Phi) is 2.70. The smallest absolute Gasteiger partial charge is 0.329 e. The fourth-order valence-electron chi connectivity index (χ4n) is 1.66. The van der Waals surface area contributed by atoms with Crippen LogP contribution in [0.2, 0.25) is 0 Å². The Balaban J connectivity index is 2.73. The molecule has 1 amide bonds. The molecular weight excluding hydrogens is 170 g/mol. The number of carboxylic acid groups (broad SMARTS) is 1. The summed E-state index contributed by atoms with van der Waals surface area (Å²) in [6.07, 6.45) is 3.83. The summed E-state index contributed by atoms with van der Waals surface area (Å²) in [5.74, 6) is -1.36. The predicted molar refractivity (Wildman–Crippen MR) is 47.2 cm³/mol. The van der Waals surface area contributed by atoms with Crippen LogP contribution < -0.4 is 5.32 Å². The van der Waals surface area contributed by atoms with Gasteiger partial charge in [0.25, 0.3) is 0 Å². The number of carbonyl (C=O) groups excluding carboxylic acids is 1. The van der Waals surface area contributed by atoms with Crippen molar-refractivity contribution in [3.8, 4) is 0 Å². The van der Waals surface area contributed by atoms with Gasteiger partial charge in [-0.15, -0.1) is 0 Å². The first-order chi connectivity index (χ1) is 6.10. The number of amides is 1. The zero-order chi connectivity index (χ0) is 9.90. The third-order valence-corrected chi connectivity index (χ3v) is 2.41. The summed E-state index contributed by atoms with van der Waals surface area (Å²) >= 11 is 0. The second-order valence-electron chi connectivity index (χ2n) is 3.29. The molecule has 1 aliphatic carbocycles. The van der Waals surface area contributed by atoms with E-state index in [0.29, 0.717) is 12.8 Å². The monoisotopic (exact) mass is 183 g/mol. The fourth-order valence-corrected chi connectivity index (χ4v) is 1.66. The maximum Gasteiger partial charge on any atom is 0.329 e. The number of nitrogens with one attached hydrogen (secondary N) is 1. The fraction of sp³-hybridized carbons (Fsp3) is 0.556. The van der Waals surface area contributed by atoms with Crippen molar-refractivity contribution >= 4 is 11.9 Å². The normalized spacial score (nSPS) is 19.4. The minimum absolute atomic E-state index is 0.413. The molecule has 72 valence electrons. The second-order valence-corrected chi connectivity index (χ2v) is 3.29. The molecule has 0 radical (unpaired) electrons. The standard InChI is InChI=1S/C9H13NO3/c1-2-7(11)10-9(8(12)13)5-3-4-6-9/h2H,1,3-6H2,(H,10,11)(H,12,13). The van der Waals surface area contributed by atoms with Gasteiger partial charge in [-0.3, -0.25) is 4.79 Å². The lowest BCUT2D eigenvalue weighted by atomic mass is 9.98. The summed E-state index contributed by atoms with van der Waals surface area (Å²) in [7, 11) is 0. The Labute approximate surface area is 76.6 Å². The molecule has 0 unspecified atom stereocenters. The molecule has 4 heteroatoms. The van der Waals surface area contributed by atoms with E-state index in [2.05, 4.69) is 11.9 Å². The molecule has 0 aliphatic heterocycles. The van der Waals surface area contributed by atoms with Crippen LogP contribution in [0.5, 0.6) is 0 Å². The zero-order valence-electron chi connectivity index (χ0n) is 7.38. The number of carboxylic acids is 1. The third-order valence-electron chi connectivity index (χ3n) is 2.41. The van der Waals surface area contributed by atoms with Crippen molar-refractivity contribution in [2.24, 2.45) is 0 Å². The van der Waals surface area contributed by atoms with E-state index in [0.717, 1.165) is 18.9 Å². The Morgan fingerprint density at radius 3 is 2.31 bits per heavy atom. The molecule has 0 atom stereocenters. The van der Waals surface area contributed by atoms with Crippen LogP contribution in [0.15, 0.2) is 12.7 Å². The van der Waals surface area contributed by atoms with Crippen LogP contribution in [-0.2, 0) is 9.59 Å². The van der Waals surface area contributed by atoms with Crippen molar-refractivity contribution in [1.29, 1.82) is 0 Å². The van der Waals surface area contributed by atoms with Gasteiger partial charge in [0.15, 0.2) is 0 Å². The highest BCUT2D eigenvalue weighted by molar-refractivity contribution is 5.92. The molecule has 1 aliphatic rings. The molecule has 0 heterocycles. The van der Waals surface area contributed by atoms with E-state index in [1.165, 1.54) is 0 Å². The first-order valence-corrected chi connectivity index (χ1v) is 4.29. The van der Waals surface area contributed by atoms with Gasteiger partial charge >= 0.3 is 5.97 Å². The quantitative estimate of drug-likeness (QED) is 0.632. The summed E-state index contributed by atoms with van der Waals surface area (Å²) in [5, 5.41) is 11.4. The minimum Gasteiger partial charge on any atom is -0.480 e. The SMILES string of the molecule is C=CC(=O)NC1(C(=O)O)CCCC1. The Bertz CT molecular complexity index is 241. The van der Waals surface area contributed by atoms with Gasteiger partial charge in [0.1, 0.15) is 5.54 Å². The number of rotatable bonds is 3. The molecule has 0 spiro atoms. The van der Waals surface area contributed by atoms with Crippen LogP contribution in [0.25, 0.3) is 0 Å². The highest BCUT2D eigenvalue weighted by Crippen LogP contribution is 2.29. The topological polar surface area (TPSA) is 66.4 Å². The van der Waals surface area contributed by atoms with Crippen LogP contribution in [0, 0.1) is 0 Å². The van der Waals surface area contributed by atoms with Crippen molar-refractivity contribution in [3.05, 3.63) is 12.7 Å². The van der Waals surface area contributed by atoms with Gasteiger partial charge in [-0.2, -0.15) is 0 Å². The van der Waals surface area contributed by atoms with E-state index in [4.69, 9.17) is 5.11 Å². The number of carbonyl (C=O) groups is 2. The first kappa shape index (κ1) is 9.77. The molecule has 0 bridgehead atoms. The number of hydrogen-bond donors (Lipinski definition) is 2. The van der Waals surface area contributed by atoms with E-state index >= 15 is 0 Å². The van der Waals surface area contributed by atoms with Crippen LogP contribution in [0.4, 0.5) is 0 Å². The Hall–Kier alpha value is -1.32. The molecule has 4 nitrogen and oxygen atoms in total. The summed E-state index contributed by atoms with van der Waals surface area (Å²) in [6.45, 7) is 3.29. The van der Waals surface area contributed by atoms with Crippen LogP contribution >= 0.6 is 0 Å². The average Bonchev–Trinajstić information content (AvgIpc) is 2.54. The van der Waals surface area contributed by atoms with Gasteiger partial charge in [-0.05, 0) is 18.9 Å². The van der Waals surface area contributed by atoms with Crippen LogP contribution in [-0.4, -0.2) is 22.5 Å². The van der Waals surface area contributed by atoms with Crippen molar-refractivity contribution < 1.29 is 14.7 Å². The highest BCUT2D eigenvalue weighted by Gasteiger charge is 2.42. The first-order valence-electron chi connectivity index (χ1n) is 4.29. The van der Waals surface area contributed by atoms with E-state index in [-0.39, 0.29) is 0 Å². The molecule has 2 N–H and O–H groups in total. The van der Waals surface area contributed by atoms with E-state index in [1.54, 1.807) is 0 Å². The van der Waals surface area contributed by atoms with E-state index < -0.39 is 17.4 Å². The molecule has 0 aromatic heterocycles. The van der Waals surface area contributed by atoms with Gasteiger partial charge in [0.2, 0.25) is 5.91 Å². The summed E-state index contributed by atoms with van der Waals surface area (Å²) in [4.78, 5) is 21.9. The molecule has 0 aromatic carbocycles.